The van der Waals surface area contributed by atoms with Gasteiger partial charge in [0, 0.05) is 48.9 Å². The molecule has 204 valence electrons. The molecule has 0 unspecified atom stereocenters. The van der Waals surface area contributed by atoms with E-state index in [1.54, 1.807) is 0 Å². The predicted octanol–water partition coefficient (Wildman–Crippen LogP) is 4.12. The second-order valence-corrected chi connectivity index (χ2v) is 9.80. The molecule has 0 radical (unpaired) electrons. The molecule has 2 aromatic carbocycles. The van der Waals surface area contributed by atoms with E-state index in [1.807, 2.05) is 0 Å². The lowest BCUT2D eigenvalue weighted by Gasteiger charge is -2.25. The van der Waals surface area contributed by atoms with Crippen molar-refractivity contribution in [3.8, 4) is 0 Å². The molecule has 0 fully saturated rings. The summed E-state index contributed by atoms with van der Waals surface area (Å²) in [6.07, 6.45) is 9.98. The molecule has 36 heavy (non-hydrogen) atoms. The highest BCUT2D eigenvalue weighted by molar-refractivity contribution is 5.65. The van der Waals surface area contributed by atoms with Crippen molar-refractivity contribution in [2.45, 2.75) is 79.1 Å². The van der Waals surface area contributed by atoms with E-state index in [-0.39, 0.29) is 0 Å². The van der Waals surface area contributed by atoms with Crippen LogP contribution in [0.1, 0.15) is 79.1 Å². The first-order valence-corrected chi connectivity index (χ1v) is 14.6. The van der Waals surface area contributed by atoms with Crippen molar-refractivity contribution in [2.24, 2.45) is 0 Å². The Balaban J connectivity index is 0.00000118. The Morgan fingerprint density at radius 1 is 0.583 bits per heavy atom. The molecule has 2 rings (SSSR count). The summed E-state index contributed by atoms with van der Waals surface area (Å²) in [5, 5.41) is 3.57. The zero-order valence-electron chi connectivity index (χ0n) is 22.5. The summed E-state index contributed by atoms with van der Waals surface area (Å²) in [6, 6.07) is 17.9. The van der Waals surface area contributed by atoms with Crippen LogP contribution in [0.4, 0.5) is 22.7 Å². The van der Waals surface area contributed by atoms with Crippen LogP contribution in [0.25, 0.3) is 0 Å². The fourth-order valence-electron chi connectivity index (χ4n) is 3.81. The smallest absolute Gasteiger partial charge is 0.0777 e. The predicted molar refractivity (Wildman–Crippen MR) is 142 cm³/mol. The number of rotatable bonds is 16. The fraction of sp³-hybridized carbons (Fsp3) is 0.571. The Kier molecular flexibility index (Phi) is 16.2. The van der Waals surface area contributed by atoms with Gasteiger partial charge in [0.05, 0.1) is 14.9 Å². The van der Waals surface area contributed by atoms with Gasteiger partial charge in [0.2, 0.25) is 0 Å². The van der Waals surface area contributed by atoms with E-state index in [4.69, 9.17) is 18.6 Å². The molecule has 0 spiro atoms. The average Bonchev–Trinajstić information content (AvgIpc) is 2.84. The van der Waals surface area contributed by atoms with Gasteiger partial charge in [-0.2, -0.15) is 14.0 Å². The van der Waals surface area contributed by atoms with Gasteiger partial charge in [-0.15, -0.1) is 0 Å². The lowest BCUT2D eigenvalue weighted by molar-refractivity contribution is -1.92. The van der Waals surface area contributed by atoms with Crippen LogP contribution >= 0.6 is 0 Å². The van der Waals surface area contributed by atoms with Gasteiger partial charge < -0.3 is 15.1 Å². The number of nitrogens with one attached hydrogen (secondary N) is 1. The quantitative estimate of drug-likeness (QED) is 0.340. The Bertz CT molecular complexity index is 714. The van der Waals surface area contributed by atoms with E-state index in [0.717, 1.165) is 37.6 Å². The van der Waals surface area contributed by atoms with Crippen LogP contribution in [-0.4, -0.2) is 30.8 Å². The molecule has 0 saturated heterocycles. The van der Waals surface area contributed by atoms with Crippen LogP contribution in [0, 0.1) is 10.2 Å². The third-order valence-corrected chi connectivity index (χ3v) is 5.88. The SMILES string of the molecule is CCCCN(CCCC)c1ccc(Nc2ccc(N(CCCC)CCCC)cc2)cc1.[O-][Cl+3]([O-])([O-])O. The summed E-state index contributed by atoms with van der Waals surface area (Å²) >= 11 is 0. The average molecular weight is 524 g/mol. The topological polar surface area (TPSA) is 108 Å². The normalized spacial score (nSPS) is 11.0. The van der Waals surface area contributed by atoms with Gasteiger partial charge in [0.15, 0.2) is 0 Å². The van der Waals surface area contributed by atoms with Crippen LogP contribution in [0.2, 0.25) is 0 Å². The number of nitrogens with zero attached hydrogens (tertiary/aromatic N) is 2. The molecular weight excluding hydrogens is 478 g/mol. The van der Waals surface area contributed by atoms with Crippen molar-refractivity contribution in [3.05, 3.63) is 48.5 Å². The van der Waals surface area contributed by atoms with Crippen molar-refractivity contribution in [1.29, 1.82) is 0 Å². The van der Waals surface area contributed by atoms with E-state index in [0.29, 0.717) is 0 Å². The molecule has 0 bridgehead atoms. The summed E-state index contributed by atoms with van der Waals surface area (Å²) in [7, 11) is -4.69. The van der Waals surface area contributed by atoms with Crippen LogP contribution < -0.4 is 29.1 Å². The molecule has 0 aliphatic carbocycles. The third-order valence-electron chi connectivity index (χ3n) is 5.88. The Hall–Kier alpha value is -2.03. The maximum Gasteiger partial charge on any atom is 0.0777 e. The van der Waals surface area contributed by atoms with Crippen molar-refractivity contribution in [3.63, 3.8) is 0 Å². The summed E-state index contributed by atoms with van der Waals surface area (Å²) in [5.74, 6) is 0. The first-order chi connectivity index (χ1) is 17.2. The number of hydrogen-bond donors (Lipinski definition) is 2. The van der Waals surface area contributed by atoms with Crippen LogP contribution in [0.5, 0.6) is 0 Å². The van der Waals surface area contributed by atoms with E-state index in [1.165, 1.54) is 62.7 Å². The Labute approximate surface area is 220 Å². The van der Waals surface area contributed by atoms with E-state index in [9.17, 15) is 0 Å². The van der Waals surface area contributed by atoms with Crippen LogP contribution in [0.15, 0.2) is 48.5 Å². The highest BCUT2D eigenvalue weighted by Crippen LogP contribution is 2.24. The molecule has 2 N–H and O–H groups in total. The first-order valence-electron chi connectivity index (χ1n) is 13.3. The highest BCUT2D eigenvalue weighted by Gasteiger charge is 2.07. The maximum absolute atomic E-state index is 8.60. The molecule has 0 heterocycles. The highest BCUT2D eigenvalue weighted by atomic mass is 35.7. The lowest BCUT2D eigenvalue weighted by Crippen LogP contribution is -2.58. The zero-order chi connectivity index (χ0) is 26.8. The van der Waals surface area contributed by atoms with Gasteiger partial charge in [0.25, 0.3) is 0 Å². The second-order valence-electron chi connectivity index (χ2n) is 9.00. The number of anilines is 4. The molecule has 0 saturated carbocycles. The van der Waals surface area contributed by atoms with Gasteiger partial charge >= 0.3 is 0 Å². The number of hydrogen-bond acceptors (Lipinski definition) is 7. The minimum atomic E-state index is -4.69. The van der Waals surface area contributed by atoms with Crippen molar-refractivity contribution < 1.29 is 28.9 Å². The number of benzene rings is 2. The lowest BCUT2D eigenvalue weighted by atomic mass is 10.2. The van der Waals surface area contributed by atoms with Crippen LogP contribution in [0.3, 0.4) is 0 Å². The molecule has 0 atom stereocenters. The van der Waals surface area contributed by atoms with Gasteiger partial charge in [0.1, 0.15) is 0 Å². The minimum Gasteiger partial charge on any atom is -0.372 e. The molecule has 0 aliphatic rings. The van der Waals surface area contributed by atoms with Gasteiger partial charge in [-0.05, 0) is 74.2 Å². The molecule has 2 aromatic rings. The summed E-state index contributed by atoms with van der Waals surface area (Å²) < 4.78 is 32.7. The number of halogens is 1. The Morgan fingerprint density at radius 2 is 0.833 bits per heavy atom. The van der Waals surface area contributed by atoms with Crippen LogP contribution in [-0.2, 0) is 0 Å². The van der Waals surface area contributed by atoms with E-state index >= 15 is 0 Å². The van der Waals surface area contributed by atoms with Gasteiger partial charge in [-0.1, -0.05) is 53.4 Å². The summed E-state index contributed by atoms with van der Waals surface area (Å²) in [5.41, 5.74) is 4.98. The molecule has 0 amide bonds. The molecule has 7 nitrogen and oxygen atoms in total. The molecular formula is C28H46ClN3O4. The maximum atomic E-state index is 8.60. The second kappa shape index (κ2) is 18.3. The summed E-state index contributed by atoms with van der Waals surface area (Å²) in [6.45, 7) is 13.7. The number of unbranched alkanes of at least 4 members (excludes halogenated alkanes) is 4. The minimum absolute atomic E-state index is 1.15. The molecule has 0 aliphatic heterocycles. The monoisotopic (exact) mass is 523 g/mol. The fourth-order valence-corrected chi connectivity index (χ4v) is 3.81. The molecule has 0 aromatic heterocycles. The zero-order valence-corrected chi connectivity index (χ0v) is 23.3. The van der Waals surface area contributed by atoms with Gasteiger partial charge in [-0.3, -0.25) is 0 Å². The van der Waals surface area contributed by atoms with Gasteiger partial charge in [-0.25, -0.2) is 0 Å². The van der Waals surface area contributed by atoms with E-state index < -0.39 is 10.2 Å². The Morgan fingerprint density at radius 3 is 1.06 bits per heavy atom. The van der Waals surface area contributed by atoms with Crippen molar-refractivity contribution in [1.82, 2.24) is 0 Å². The van der Waals surface area contributed by atoms with Crippen molar-refractivity contribution >= 4 is 22.7 Å². The molecule has 8 heteroatoms. The third kappa shape index (κ3) is 14.5. The van der Waals surface area contributed by atoms with Crippen molar-refractivity contribution in [2.75, 3.05) is 41.3 Å². The van der Waals surface area contributed by atoms with E-state index in [2.05, 4.69) is 91.3 Å². The largest absolute Gasteiger partial charge is 0.372 e. The first kappa shape index (κ1) is 32.0. The summed E-state index contributed by atoms with van der Waals surface area (Å²) in [4.78, 5) is 5.07. The standard InChI is InChI=1S/C28H45N3.ClHO4/c1-5-9-21-30(22-10-6-2)27-17-13-25(14-18-27)29-26-15-19-28(20-16-26)31(23-11-7-3)24-12-8-4;2-1(3,4)5/h13-20,29H,5-12,21-24H2,1-4H3;(H,2,3,4,5).